The number of nitrogens with zero attached hydrogens (tertiary/aromatic N) is 1. The smallest absolute Gasteiger partial charge is 0.238 e. The van der Waals surface area contributed by atoms with E-state index in [1.165, 1.54) is 10.5 Å². The molecule has 0 aliphatic carbocycles. The number of amides is 1. The lowest BCUT2D eigenvalue weighted by Gasteiger charge is -2.10. The fourth-order valence-electron chi connectivity index (χ4n) is 2.23. The van der Waals surface area contributed by atoms with Gasteiger partial charge >= 0.3 is 0 Å². The van der Waals surface area contributed by atoms with Crippen LogP contribution in [0.1, 0.15) is 11.1 Å². The van der Waals surface area contributed by atoms with Gasteiger partial charge in [0, 0.05) is 4.90 Å². The number of nitrogens with one attached hydrogen (secondary N) is 1. The van der Waals surface area contributed by atoms with E-state index in [0.717, 1.165) is 6.42 Å². The second-order valence-corrected chi connectivity index (χ2v) is 5.81. The van der Waals surface area contributed by atoms with E-state index in [0.29, 0.717) is 11.3 Å². The molecular weight excluding hydrogens is 268 g/mol. The summed E-state index contributed by atoms with van der Waals surface area (Å²) in [4.78, 5) is 13.5. The van der Waals surface area contributed by atoms with Gasteiger partial charge in [-0.05, 0) is 30.2 Å². The van der Waals surface area contributed by atoms with E-state index < -0.39 is 0 Å². The van der Waals surface area contributed by atoms with Crippen LogP contribution < -0.4 is 5.32 Å². The van der Waals surface area contributed by atoms with E-state index in [2.05, 4.69) is 17.5 Å². The molecule has 2 aromatic rings. The fraction of sp³-hybridized carbons (Fsp3) is 0.125. The van der Waals surface area contributed by atoms with Gasteiger partial charge in [0.1, 0.15) is 6.07 Å². The first-order chi connectivity index (χ1) is 9.78. The number of benzene rings is 2. The molecular formula is C16H12N2OS. The Labute approximate surface area is 121 Å². The molecule has 1 aliphatic rings. The molecule has 1 unspecified atom stereocenters. The Kier molecular flexibility index (Phi) is 3.44. The zero-order chi connectivity index (χ0) is 13.9. The lowest BCUT2D eigenvalue weighted by molar-refractivity contribution is -0.115. The van der Waals surface area contributed by atoms with Crippen molar-refractivity contribution in [2.75, 3.05) is 5.32 Å². The normalized spacial score (nSPS) is 16.2. The SMILES string of the molecule is N#Cc1ccccc1NC(=O)C1Cc2ccccc2S1. The van der Waals surface area contributed by atoms with Gasteiger partial charge in [-0.3, -0.25) is 4.79 Å². The minimum Gasteiger partial charge on any atom is -0.324 e. The number of carbonyl (C=O) groups is 1. The maximum atomic E-state index is 12.3. The first-order valence-corrected chi connectivity index (χ1v) is 7.20. The molecule has 0 fully saturated rings. The van der Waals surface area contributed by atoms with Crippen molar-refractivity contribution in [3.63, 3.8) is 0 Å². The molecule has 0 aromatic heterocycles. The summed E-state index contributed by atoms with van der Waals surface area (Å²) >= 11 is 1.58. The Hall–Kier alpha value is -2.25. The molecule has 1 aliphatic heterocycles. The van der Waals surface area contributed by atoms with Crippen LogP contribution in [-0.4, -0.2) is 11.2 Å². The van der Waals surface area contributed by atoms with E-state index in [1.807, 2.05) is 24.3 Å². The predicted octanol–water partition coefficient (Wildman–Crippen LogP) is 3.21. The van der Waals surface area contributed by atoms with Gasteiger partial charge in [0.2, 0.25) is 5.91 Å². The average Bonchev–Trinajstić information content (AvgIpc) is 2.92. The van der Waals surface area contributed by atoms with Crippen molar-refractivity contribution in [2.45, 2.75) is 16.6 Å². The van der Waals surface area contributed by atoms with Crippen LogP contribution in [0.2, 0.25) is 0 Å². The van der Waals surface area contributed by atoms with Crippen LogP contribution in [0.5, 0.6) is 0 Å². The van der Waals surface area contributed by atoms with Crippen LogP contribution >= 0.6 is 11.8 Å². The van der Waals surface area contributed by atoms with Crippen molar-refractivity contribution in [3.8, 4) is 6.07 Å². The highest BCUT2D eigenvalue weighted by atomic mass is 32.2. The number of nitriles is 1. The molecule has 0 spiro atoms. The topological polar surface area (TPSA) is 52.9 Å². The summed E-state index contributed by atoms with van der Waals surface area (Å²) in [6.45, 7) is 0. The second kappa shape index (κ2) is 5.40. The van der Waals surface area contributed by atoms with Crippen molar-refractivity contribution < 1.29 is 4.79 Å². The molecule has 3 nitrogen and oxygen atoms in total. The maximum Gasteiger partial charge on any atom is 0.238 e. The quantitative estimate of drug-likeness (QED) is 0.919. The number of para-hydroxylation sites is 1. The molecule has 0 bridgehead atoms. The van der Waals surface area contributed by atoms with Crippen LogP contribution in [0.15, 0.2) is 53.4 Å². The summed E-state index contributed by atoms with van der Waals surface area (Å²) in [7, 11) is 0. The Balaban J connectivity index is 1.75. The number of hydrogen-bond acceptors (Lipinski definition) is 3. The van der Waals surface area contributed by atoms with Crippen molar-refractivity contribution in [3.05, 3.63) is 59.7 Å². The molecule has 20 heavy (non-hydrogen) atoms. The molecule has 4 heteroatoms. The lowest BCUT2D eigenvalue weighted by atomic mass is 10.1. The standard InChI is InChI=1S/C16H12N2OS/c17-10-12-6-1-3-7-13(12)18-16(19)15-9-11-5-2-4-8-14(11)20-15/h1-8,15H,9H2,(H,18,19). The number of carbonyl (C=O) groups excluding carboxylic acids is 1. The molecule has 1 amide bonds. The zero-order valence-electron chi connectivity index (χ0n) is 10.7. The minimum absolute atomic E-state index is 0.0473. The second-order valence-electron chi connectivity index (χ2n) is 4.56. The van der Waals surface area contributed by atoms with Gasteiger partial charge < -0.3 is 5.32 Å². The van der Waals surface area contributed by atoms with E-state index >= 15 is 0 Å². The number of rotatable bonds is 2. The molecule has 2 aromatic carbocycles. The summed E-state index contributed by atoms with van der Waals surface area (Å²) in [5, 5.41) is 11.8. The molecule has 1 N–H and O–H groups in total. The number of fused-ring (bicyclic) bond motifs is 1. The van der Waals surface area contributed by atoms with Crippen molar-refractivity contribution in [1.29, 1.82) is 5.26 Å². The Morgan fingerprint density at radius 2 is 1.95 bits per heavy atom. The maximum absolute atomic E-state index is 12.3. The predicted molar refractivity (Wildman–Crippen MR) is 79.6 cm³/mol. The highest BCUT2D eigenvalue weighted by Gasteiger charge is 2.28. The van der Waals surface area contributed by atoms with Crippen LogP contribution in [0.3, 0.4) is 0 Å². The van der Waals surface area contributed by atoms with E-state index in [4.69, 9.17) is 5.26 Å². The highest BCUT2D eigenvalue weighted by molar-refractivity contribution is 8.01. The third-order valence-electron chi connectivity index (χ3n) is 3.24. The van der Waals surface area contributed by atoms with Crippen molar-refractivity contribution in [1.82, 2.24) is 0 Å². The van der Waals surface area contributed by atoms with Gasteiger partial charge in [-0.15, -0.1) is 11.8 Å². The summed E-state index contributed by atoms with van der Waals surface area (Å²) in [5.74, 6) is -0.0473. The first-order valence-electron chi connectivity index (χ1n) is 6.32. The largest absolute Gasteiger partial charge is 0.324 e. The van der Waals surface area contributed by atoms with Crippen molar-refractivity contribution >= 4 is 23.4 Å². The lowest BCUT2D eigenvalue weighted by Crippen LogP contribution is -2.25. The van der Waals surface area contributed by atoms with Gasteiger partial charge in [-0.25, -0.2) is 0 Å². The number of thioether (sulfide) groups is 1. The number of hydrogen-bond donors (Lipinski definition) is 1. The van der Waals surface area contributed by atoms with E-state index in [-0.39, 0.29) is 11.2 Å². The van der Waals surface area contributed by atoms with Gasteiger partial charge in [0.25, 0.3) is 0 Å². The first kappa shape index (κ1) is 12.8. The molecule has 1 heterocycles. The molecule has 98 valence electrons. The summed E-state index contributed by atoms with van der Waals surface area (Å²) in [6.07, 6.45) is 0.737. The monoisotopic (exact) mass is 280 g/mol. The van der Waals surface area contributed by atoms with Crippen LogP contribution in [0.25, 0.3) is 0 Å². The molecule has 0 saturated heterocycles. The molecule has 0 saturated carbocycles. The highest BCUT2D eigenvalue weighted by Crippen LogP contribution is 2.37. The average molecular weight is 280 g/mol. The van der Waals surface area contributed by atoms with Crippen LogP contribution in [0, 0.1) is 11.3 Å². The Morgan fingerprint density at radius 3 is 2.75 bits per heavy atom. The molecule has 0 radical (unpaired) electrons. The zero-order valence-corrected chi connectivity index (χ0v) is 11.5. The number of anilines is 1. The van der Waals surface area contributed by atoms with Gasteiger partial charge in [-0.1, -0.05) is 30.3 Å². The van der Waals surface area contributed by atoms with E-state index in [9.17, 15) is 4.79 Å². The van der Waals surface area contributed by atoms with Crippen LogP contribution in [-0.2, 0) is 11.2 Å². The third-order valence-corrected chi connectivity index (χ3v) is 4.56. The summed E-state index contributed by atoms with van der Waals surface area (Å²) < 4.78 is 0. The minimum atomic E-state index is -0.126. The molecule has 1 atom stereocenters. The third kappa shape index (κ3) is 2.40. The van der Waals surface area contributed by atoms with E-state index in [1.54, 1.807) is 30.0 Å². The molecule has 3 rings (SSSR count). The summed E-state index contributed by atoms with van der Waals surface area (Å²) in [6, 6.07) is 17.2. The van der Waals surface area contributed by atoms with Gasteiger partial charge in [0.05, 0.1) is 16.5 Å². The van der Waals surface area contributed by atoms with Crippen molar-refractivity contribution in [2.24, 2.45) is 0 Å². The summed E-state index contributed by atoms with van der Waals surface area (Å²) in [5.41, 5.74) is 2.28. The van der Waals surface area contributed by atoms with Gasteiger partial charge in [0.15, 0.2) is 0 Å². The van der Waals surface area contributed by atoms with Gasteiger partial charge in [-0.2, -0.15) is 5.26 Å². The Bertz CT molecular complexity index is 681. The van der Waals surface area contributed by atoms with Crippen LogP contribution in [0.4, 0.5) is 5.69 Å². The fourth-order valence-corrected chi connectivity index (χ4v) is 3.43. The Morgan fingerprint density at radius 1 is 1.20 bits per heavy atom.